The van der Waals surface area contributed by atoms with E-state index >= 15 is 0 Å². The highest BCUT2D eigenvalue weighted by atomic mass is 32.2. The highest BCUT2D eigenvalue weighted by Crippen LogP contribution is 2.34. The van der Waals surface area contributed by atoms with Crippen LogP contribution in [0.1, 0.15) is 13.8 Å². The van der Waals surface area contributed by atoms with Gasteiger partial charge in [0.1, 0.15) is 5.69 Å². The van der Waals surface area contributed by atoms with Gasteiger partial charge in [-0.2, -0.15) is 4.31 Å². The molecule has 0 N–H and O–H groups in total. The van der Waals surface area contributed by atoms with Crippen molar-refractivity contribution in [1.29, 1.82) is 0 Å². The minimum absolute atomic E-state index is 0.0511. The number of nitro benzene ring substituents is 1. The highest BCUT2D eigenvalue weighted by molar-refractivity contribution is 7.89. The number of hydrogen-bond acceptors (Lipinski definition) is 8. The third-order valence-electron chi connectivity index (χ3n) is 5.66. The zero-order chi connectivity index (χ0) is 22.9. The Morgan fingerprint density at radius 3 is 2.34 bits per heavy atom. The third-order valence-corrected chi connectivity index (χ3v) is 8.80. The first-order chi connectivity index (χ1) is 15.3. The van der Waals surface area contributed by atoms with Crippen LogP contribution in [0.15, 0.2) is 47.4 Å². The Labute approximate surface area is 191 Å². The van der Waals surface area contributed by atoms with Crippen molar-refractivity contribution in [2.75, 3.05) is 49.1 Å². The van der Waals surface area contributed by atoms with Gasteiger partial charge < -0.3 is 9.80 Å². The molecule has 0 unspecified atom stereocenters. The van der Waals surface area contributed by atoms with E-state index in [9.17, 15) is 18.5 Å². The molecule has 32 heavy (non-hydrogen) atoms. The van der Waals surface area contributed by atoms with Crippen molar-refractivity contribution in [3.05, 3.63) is 52.6 Å². The molecule has 0 saturated carbocycles. The standard InChI is InChI=1S/C21H25N5O4S2/c1-3-25(4-2)32(29,30)16-9-10-18(19(15-16)26(27)28)23-11-13-24(14-12-23)21-22-17-7-5-6-8-20(17)31-21/h5-10,15H,3-4,11-14H2,1-2H3. The van der Waals surface area contributed by atoms with Gasteiger partial charge in [-0.3, -0.25) is 10.1 Å². The SMILES string of the molecule is CCN(CC)S(=O)(=O)c1ccc(N2CCN(c3nc4ccccc4s3)CC2)c([N+](=O)[O-])c1. The second-order valence-electron chi connectivity index (χ2n) is 7.44. The lowest BCUT2D eigenvalue weighted by Crippen LogP contribution is -2.46. The van der Waals surface area contributed by atoms with Gasteiger partial charge in [-0.25, -0.2) is 13.4 Å². The number of anilines is 2. The Morgan fingerprint density at radius 1 is 1.06 bits per heavy atom. The molecule has 3 aromatic rings. The fourth-order valence-electron chi connectivity index (χ4n) is 3.92. The van der Waals surface area contributed by atoms with E-state index < -0.39 is 14.9 Å². The van der Waals surface area contributed by atoms with Gasteiger partial charge in [0.05, 0.1) is 20.0 Å². The van der Waals surface area contributed by atoms with Gasteiger partial charge in [-0.1, -0.05) is 37.3 Å². The van der Waals surface area contributed by atoms with Crippen LogP contribution < -0.4 is 9.80 Å². The van der Waals surface area contributed by atoms with E-state index in [1.165, 1.54) is 16.4 Å². The summed E-state index contributed by atoms with van der Waals surface area (Å²) in [5, 5.41) is 12.7. The topological polar surface area (TPSA) is 99.9 Å². The second kappa shape index (κ2) is 9.00. The molecule has 11 heteroatoms. The number of aromatic nitrogens is 1. The summed E-state index contributed by atoms with van der Waals surface area (Å²) in [6, 6.07) is 12.2. The van der Waals surface area contributed by atoms with Crippen molar-refractivity contribution in [3.8, 4) is 0 Å². The number of rotatable bonds is 7. The van der Waals surface area contributed by atoms with Crippen molar-refractivity contribution in [2.45, 2.75) is 18.7 Å². The van der Waals surface area contributed by atoms with Gasteiger partial charge in [0.25, 0.3) is 5.69 Å². The van der Waals surface area contributed by atoms with Gasteiger partial charge in [0, 0.05) is 45.3 Å². The normalized spacial score (nSPS) is 15.0. The van der Waals surface area contributed by atoms with Gasteiger partial charge in [0.15, 0.2) is 5.13 Å². The van der Waals surface area contributed by atoms with Crippen molar-refractivity contribution in [2.24, 2.45) is 0 Å². The molecule has 0 spiro atoms. The Bertz CT molecular complexity index is 1200. The van der Waals surface area contributed by atoms with E-state index in [4.69, 9.17) is 4.98 Å². The second-order valence-corrected chi connectivity index (χ2v) is 10.4. The lowest BCUT2D eigenvalue weighted by Gasteiger charge is -2.35. The van der Waals surface area contributed by atoms with Crippen molar-refractivity contribution >= 4 is 48.1 Å². The van der Waals surface area contributed by atoms with E-state index in [0.29, 0.717) is 45.0 Å². The van der Waals surface area contributed by atoms with Crippen LogP contribution in [0.3, 0.4) is 0 Å². The van der Waals surface area contributed by atoms with Crippen LogP contribution >= 0.6 is 11.3 Å². The molecule has 1 saturated heterocycles. The fourth-order valence-corrected chi connectivity index (χ4v) is 6.42. The van der Waals surface area contributed by atoms with Gasteiger partial charge in [-0.15, -0.1) is 0 Å². The zero-order valence-electron chi connectivity index (χ0n) is 18.0. The first kappa shape index (κ1) is 22.4. The quantitative estimate of drug-likeness (QED) is 0.380. The summed E-state index contributed by atoms with van der Waals surface area (Å²) in [6.07, 6.45) is 0. The number of hydrogen-bond donors (Lipinski definition) is 0. The van der Waals surface area contributed by atoms with E-state index in [1.807, 2.05) is 29.2 Å². The van der Waals surface area contributed by atoms with Crippen LogP contribution in [0.25, 0.3) is 10.2 Å². The lowest BCUT2D eigenvalue weighted by molar-refractivity contribution is -0.384. The molecule has 1 fully saturated rings. The minimum atomic E-state index is -3.77. The van der Waals surface area contributed by atoms with E-state index in [1.54, 1.807) is 31.3 Å². The van der Waals surface area contributed by atoms with Crippen LogP contribution in [-0.4, -0.2) is 61.9 Å². The molecular weight excluding hydrogens is 450 g/mol. The highest BCUT2D eigenvalue weighted by Gasteiger charge is 2.29. The summed E-state index contributed by atoms with van der Waals surface area (Å²) >= 11 is 1.64. The van der Waals surface area contributed by atoms with E-state index in [-0.39, 0.29) is 10.6 Å². The number of nitrogens with zero attached hydrogens (tertiary/aromatic N) is 5. The molecule has 2 aromatic carbocycles. The molecule has 9 nitrogen and oxygen atoms in total. The summed E-state index contributed by atoms with van der Waals surface area (Å²) in [6.45, 7) is 6.62. The van der Waals surface area contributed by atoms with Crippen LogP contribution in [0, 0.1) is 10.1 Å². The molecule has 0 aliphatic carbocycles. The predicted molar refractivity (Wildman–Crippen MR) is 127 cm³/mol. The third kappa shape index (κ3) is 4.15. The van der Waals surface area contributed by atoms with E-state index in [2.05, 4.69) is 4.90 Å². The Morgan fingerprint density at radius 2 is 1.72 bits per heavy atom. The average molecular weight is 476 g/mol. The van der Waals surface area contributed by atoms with Crippen molar-refractivity contribution in [3.63, 3.8) is 0 Å². The first-order valence-electron chi connectivity index (χ1n) is 10.5. The average Bonchev–Trinajstić information content (AvgIpc) is 3.24. The minimum Gasteiger partial charge on any atom is -0.362 e. The summed E-state index contributed by atoms with van der Waals surface area (Å²) < 4.78 is 28.0. The lowest BCUT2D eigenvalue weighted by atomic mass is 10.2. The molecule has 1 aliphatic heterocycles. The number of thiazole rings is 1. The Hall–Kier alpha value is -2.76. The fraction of sp³-hybridized carbons (Fsp3) is 0.381. The molecular formula is C21H25N5O4S2. The monoisotopic (exact) mass is 475 g/mol. The largest absolute Gasteiger partial charge is 0.362 e. The Kier molecular flexibility index (Phi) is 6.31. The number of benzene rings is 2. The number of para-hydroxylation sites is 1. The number of fused-ring (bicyclic) bond motifs is 1. The van der Waals surface area contributed by atoms with Gasteiger partial charge in [-0.05, 0) is 24.3 Å². The molecule has 1 aliphatic rings. The molecule has 2 heterocycles. The smallest absolute Gasteiger partial charge is 0.293 e. The van der Waals surface area contributed by atoms with Crippen LogP contribution in [-0.2, 0) is 10.0 Å². The first-order valence-corrected chi connectivity index (χ1v) is 12.7. The maximum Gasteiger partial charge on any atom is 0.293 e. The maximum atomic E-state index is 12.8. The van der Waals surface area contributed by atoms with Gasteiger partial charge >= 0.3 is 0 Å². The van der Waals surface area contributed by atoms with Crippen molar-refractivity contribution < 1.29 is 13.3 Å². The molecule has 170 valence electrons. The molecule has 4 rings (SSSR count). The summed E-state index contributed by atoms with van der Waals surface area (Å²) in [5.74, 6) is 0. The molecule has 0 bridgehead atoms. The van der Waals surface area contributed by atoms with Crippen LogP contribution in [0.2, 0.25) is 0 Å². The van der Waals surface area contributed by atoms with E-state index in [0.717, 1.165) is 15.3 Å². The molecule has 0 radical (unpaired) electrons. The number of nitro groups is 1. The predicted octanol–water partition coefficient (Wildman–Crippen LogP) is 3.56. The van der Waals surface area contributed by atoms with Gasteiger partial charge in [0.2, 0.25) is 10.0 Å². The molecule has 1 aromatic heterocycles. The van der Waals surface area contributed by atoms with Crippen LogP contribution in [0.5, 0.6) is 0 Å². The molecule has 0 atom stereocenters. The van der Waals surface area contributed by atoms with Crippen molar-refractivity contribution in [1.82, 2.24) is 9.29 Å². The number of sulfonamides is 1. The maximum absolute atomic E-state index is 12.8. The summed E-state index contributed by atoms with van der Waals surface area (Å²) in [5.41, 5.74) is 1.22. The molecule has 0 amide bonds. The number of piperazine rings is 1. The summed E-state index contributed by atoms with van der Waals surface area (Å²) in [7, 11) is -3.77. The van der Waals surface area contributed by atoms with Crippen LogP contribution in [0.4, 0.5) is 16.5 Å². The zero-order valence-corrected chi connectivity index (χ0v) is 19.6. The Balaban J connectivity index is 1.55. The summed E-state index contributed by atoms with van der Waals surface area (Å²) in [4.78, 5) is 20.1.